The van der Waals surface area contributed by atoms with E-state index in [1.165, 1.54) is 6.39 Å². The van der Waals surface area contributed by atoms with Gasteiger partial charge in [0.2, 0.25) is 5.76 Å². The summed E-state index contributed by atoms with van der Waals surface area (Å²) in [6.45, 7) is 2.86. The van der Waals surface area contributed by atoms with E-state index >= 15 is 0 Å². The van der Waals surface area contributed by atoms with Crippen LogP contribution >= 0.6 is 0 Å². The molecule has 1 aromatic carbocycles. The Labute approximate surface area is 145 Å². The zero-order chi connectivity index (χ0) is 17.2. The fourth-order valence-electron chi connectivity index (χ4n) is 3.12. The van der Waals surface area contributed by atoms with Crippen molar-refractivity contribution in [3.63, 3.8) is 0 Å². The number of fused-ring (bicyclic) bond motifs is 1. The van der Waals surface area contributed by atoms with Gasteiger partial charge in [-0.05, 0) is 12.8 Å². The van der Waals surface area contributed by atoms with Crippen molar-refractivity contribution in [2.75, 3.05) is 0 Å². The summed E-state index contributed by atoms with van der Waals surface area (Å²) in [4.78, 5) is 21.5. The number of carbonyl (C=O) groups is 1. The van der Waals surface area contributed by atoms with Crippen LogP contribution in [0.3, 0.4) is 0 Å². The standard InChI is InChI=1S/C18H19N5O2/c1-2-14-21-17-13(9-6-10-23(17)22-14)20-18(24)16-15(19-11-25-16)12-7-4-3-5-8-12/h3-5,7-8,11,13H,2,6,9-10H2,1H3,(H,20,24)/t13-/m1/s1. The summed E-state index contributed by atoms with van der Waals surface area (Å²) in [5.41, 5.74) is 1.39. The van der Waals surface area contributed by atoms with E-state index in [-0.39, 0.29) is 17.7 Å². The van der Waals surface area contributed by atoms with Gasteiger partial charge in [-0.2, -0.15) is 5.10 Å². The Balaban J connectivity index is 1.58. The molecule has 1 aliphatic rings. The van der Waals surface area contributed by atoms with Crippen LogP contribution in [0.5, 0.6) is 0 Å². The molecule has 7 nitrogen and oxygen atoms in total. The summed E-state index contributed by atoms with van der Waals surface area (Å²) in [6.07, 6.45) is 3.87. The van der Waals surface area contributed by atoms with E-state index in [0.717, 1.165) is 43.0 Å². The summed E-state index contributed by atoms with van der Waals surface area (Å²) in [6, 6.07) is 9.37. The number of carbonyl (C=O) groups excluding carboxylic acids is 1. The molecular formula is C18H19N5O2. The third-order valence-electron chi connectivity index (χ3n) is 4.36. The molecule has 1 atom stereocenters. The second-order valence-corrected chi connectivity index (χ2v) is 6.03. The van der Waals surface area contributed by atoms with Gasteiger partial charge in [-0.3, -0.25) is 4.79 Å². The number of amides is 1. The number of nitrogens with zero attached hydrogens (tertiary/aromatic N) is 4. The molecule has 0 spiro atoms. The third kappa shape index (κ3) is 2.93. The summed E-state index contributed by atoms with van der Waals surface area (Å²) in [5.74, 6) is 1.56. The lowest BCUT2D eigenvalue weighted by Gasteiger charge is -2.22. The van der Waals surface area contributed by atoms with Crippen molar-refractivity contribution >= 4 is 5.91 Å². The minimum atomic E-state index is -0.282. The Hall–Kier alpha value is -2.96. The highest BCUT2D eigenvalue weighted by Gasteiger charge is 2.28. The first kappa shape index (κ1) is 15.6. The second kappa shape index (κ2) is 6.51. The van der Waals surface area contributed by atoms with Crippen molar-refractivity contribution in [1.29, 1.82) is 0 Å². The highest BCUT2D eigenvalue weighted by atomic mass is 16.3. The van der Waals surface area contributed by atoms with Crippen LogP contribution in [0, 0.1) is 0 Å². The van der Waals surface area contributed by atoms with Crippen LogP contribution in [-0.2, 0) is 13.0 Å². The van der Waals surface area contributed by atoms with E-state index < -0.39 is 0 Å². The van der Waals surface area contributed by atoms with Crippen LogP contribution in [0.2, 0.25) is 0 Å². The number of aromatic nitrogens is 4. The van der Waals surface area contributed by atoms with Crippen molar-refractivity contribution in [3.8, 4) is 11.3 Å². The van der Waals surface area contributed by atoms with Crippen LogP contribution in [0.1, 0.15) is 48.0 Å². The van der Waals surface area contributed by atoms with Gasteiger partial charge in [0.15, 0.2) is 12.2 Å². The summed E-state index contributed by atoms with van der Waals surface area (Å²) >= 11 is 0. The lowest BCUT2D eigenvalue weighted by atomic mass is 10.1. The maximum absolute atomic E-state index is 12.8. The Morgan fingerprint density at radius 3 is 3.00 bits per heavy atom. The van der Waals surface area contributed by atoms with Crippen LogP contribution in [-0.4, -0.2) is 25.7 Å². The molecule has 0 radical (unpaired) electrons. The van der Waals surface area contributed by atoms with Crippen LogP contribution in [0.15, 0.2) is 41.1 Å². The van der Waals surface area contributed by atoms with Crippen molar-refractivity contribution in [3.05, 3.63) is 54.1 Å². The molecule has 1 aliphatic heterocycles. The quantitative estimate of drug-likeness (QED) is 0.791. The van der Waals surface area contributed by atoms with E-state index in [1.54, 1.807) is 0 Å². The smallest absolute Gasteiger partial charge is 0.289 e. The largest absolute Gasteiger partial charge is 0.438 e. The average molecular weight is 337 g/mol. The molecule has 1 N–H and O–H groups in total. The number of oxazole rings is 1. The first-order chi connectivity index (χ1) is 12.3. The molecule has 1 amide bonds. The molecule has 7 heteroatoms. The maximum atomic E-state index is 12.8. The van der Waals surface area contributed by atoms with Gasteiger partial charge in [-0.1, -0.05) is 37.3 Å². The molecule has 0 saturated carbocycles. The van der Waals surface area contributed by atoms with Gasteiger partial charge >= 0.3 is 0 Å². The molecule has 0 fully saturated rings. The predicted octanol–water partition coefficient (Wildman–Crippen LogP) is 2.76. The predicted molar refractivity (Wildman–Crippen MR) is 90.8 cm³/mol. The number of hydrogen-bond donors (Lipinski definition) is 1. The Morgan fingerprint density at radius 1 is 1.36 bits per heavy atom. The number of nitrogens with one attached hydrogen (secondary N) is 1. The van der Waals surface area contributed by atoms with Crippen LogP contribution in [0.25, 0.3) is 11.3 Å². The van der Waals surface area contributed by atoms with E-state index in [1.807, 2.05) is 41.9 Å². The minimum absolute atomic E-state index is 0.164. The number of hydrogen-bond acceptors (Lipinski definition) is 5. The molecule has 3 aromatic rings. The van der Waals surface area contributed by atoms with Crippen molar-refractivity contribution in [2.45, 2.75) is 38.8 Å². The second-order valence-electron chi connectivity index (χ2n) is 6.03. The fourth-order valence-corrected chi connectivity index (χ4v) is 3.12. The average Bonchev–Trinajstić information content (AvgIpc) is 3.29. The Kier molecular flexibility index (Phi) is 4.05. The molecule has 25 heavy (non-hydrogen) atoms. The van der Waals surface area contributed by atoms with Gasteiger partial charge in [0.1, 0.15) is 11.5 Å². The van der Waals surface area contributed by atoms with Crippen molar-refractivity contribution in [1.82, 2.24) is 25.1 Å². The zero-order valence-electron chi connectivity index (χ0n) is 14.0. The van der Waals surface area contributed by atoms with Gasteiger partial charge < -0.3 is 9.73 Å². The molecule has 4 rings (SSSR count). The monoisotopic (exact) mass is 337 g/mol. The third-order valence-corrected chi connectivity index (χ3v) is 4.36. The molecule has 0 aliphatic carbocycles. The highest BCUT2D eigenvalue weighted by molar-refractivity contribution is 5.97. The number of benzene rings is 1. The molecule has 128 valence electrons. The molecule has 0 saturated heterocycles. The molecule has 0 bridgehead atoms. The van der Waals surface area contributed by atoms with Gasteiger partial charge in [0.05, 0.1) is 6.04 Å². The Bertz CT molecular complexity index is 884. The van der Waals surface area contributed by atoms with E-state index in [0.29, 0.717) is 5.69 Å². The summed E-state index contributed by atoms with van der Waals surface area (Å²) < 4.78 is 7.27. The minimum Gasteiger partial charge on any atom is -0.438 e. The fraction of sp³-hybridized carbons (Fsp3) is 0.333. The van der Waals surface area contributed by atoms with E-state index in [2.05, 4.69) is 20.4 Å². The SMILES string of the molecule is CCc1nc2n(n1)CCC[C@H]2NC(=O)c1ocnc1-c1ccccc1. The number of aryl methyl sites for hydroxylation is 2. The Morgan fingerprint density at radius 2 is 2.20 bits per heavy atom. The summed E-state index contributed by atoms with van der Waals surface area (Å²) in [7, 11) is 0. The van der Waals surface area contributed by atoms with Gasteiger partial charge in [-0.15, -0.1) is 0 Å². The first-order valence-corrected chi connectivity index (χ1v) is 8.49. The number of rotatable bonds is 4. The molecular weight excluding hydrogens is 318 g/mol. The van der Waals surface area contributed by atoms with E-state index in [4.69, 9.17) is 4.42 Å². The first-order valence-electron chi connectivity index (χ1n) is 8.49. The maximum Gasteiger partial charge on any atom is 0.289 e. The van der Waals surface area contributed by atoms with Gasteiger partial charge in [-0.25, -0.2) is 14.6 Å². The normalized spacial score (nSPS) is 16.4. The molecule has 0 unspecified atom stereocenters. The van der Waals surface area contributed by atoms with Gasteiger partial charge in [0.25, 0.3) is 5.91 Å². The molecule has 3 heterocycles. The lowest BCUT2D eigenvalue weighted by molar-refractivity contribution is 0.0900. The van der Waals surface area contributed by atoms with E-state index in [9.17, 15) is 4.79 Å². The summed E-state index contributed by atoms with van der Waals surface area (Å²) in [5, 5.41) is 7.50. The van der Waals surface area contributed by atoms with Gasteiger partial charge in [0, 0.05) is 18.5 Å². The van der Waals surface area contributed by atoms with Crippen LogP contribution < -0.4 is 5.32 Å². The van der Waals surface area contributed by atoms with Crippen molar-refractivity contribution in [2.24, 2.45) is 0 Å². The van der Waals surface area contributed by atoms with Crippen LogP contribution in [0.4, 0.5) is 0 Å². The molecule has 2 aromatic heterocycles. The topological polar surface area (TPSA) is 85.8 Å². The zero-order valence-corrected chi connectivity index (χ0v) is 14.0. The van der Waals surface area contributed by atoms with Crippen molar-refractivity contribution < 1.29 is 9.21 Å². The lowest BCUT2D eigenvalue weighted by Crippen LogP contribution is -2.33. The highest BCUT2D eigenvalue weighted by Crippen LogP contribution is 2.26.